The Hall–Kier alpha value is -1.48. The van der Waals surface area contributed by atoms with Gasteiger partial charge in [-0.1, -0.05) is 35.4 Å². The van der Waals surface area contributed by atoms with Gasteiger partial charge >= 0.3 is 0 Å². The van der Waals surface area contributed by atoms with E-state index < -0.39 is 0 Å². The molecule has 0 saturated carbocycles. The third kappa shape index (κ3) is 5.31. The molecule has 0 aliphatic carbocycles. The van der Waals surface area contributed by atoms with Crippen LogP contribution in [0, 0.1) is 48.5 Å². The van der Waals surface area contributed by atoms with Crippen LogP contribution in [-0.2, 0) is 0 Å². The predicted octanol–water partition coefficient (Wildman–Crippen LogP) is 3.34. The molecule has 3 aromatic rings. The monoisotopic (exact) mass is 438 g/mol. The van der Waals surface area contributed by atoms with E-state index in [1.807, 2.05) is 0 Å². The Bertz CT molecular complexity index is 912. The third-order valence-electron chi connectivity index (χ3n) is 4.72. The highest BCUT2D eigenvalue weighted by molar-refractivity contribution is 6.40. The molecule has 0 spiro atoms. The summed E-state index contributed by atoms with van der Waals surface area (Å²) in [5.41, 5.74) is 11.7. The molecule has 0 radical (unpaired) electrons. The Morgan fingerprint density at radius 3 is 1.57 bits per heavy atom. The Morgan fingerprint density at radius 2 is 1.14 bits per heavy atom. The van der Waals surface area contributed by atoms with Gasteiger partial charge in [-0.3, -0.25) is 0 Å². The quantitative estimate of drug-likeness (QED) is 0.428. The Labute approximate surface area is 185 Å². The minimum absolute atomic E-state index is 0. The summed E-state index contributed by atoms with van der Waals surface area (Å²) in [7, 11) is 0. The maximum atomic E-state index is 4.76. The minimum Gasteiger partial charge on any atom is -1.00 e. The first kappa shape index (κ1) is 24.6. The van der Waals surface area contributed by atoms with Gasteiger partial charge in [0.05, 0.1) is 5.34 Å². The highest BCUT2D eigenvalue weighted by Gasteiger charge is 2.20. The second-order valence-electron chi connectivity index (χ2n) is 7.26. The number of halogens is 3. The molecule has 0 aliphatic rings. The average Bonchev–Trinajstić information content (AvgIpc) is 2.87. The van der Waals surface area contributed by atoms with Gasteiger partial charge in [-0.25, -0.2) is 4.57 Å². The maximum Gasteiger partial charge on any atom is 0.254 e. The number of hydrogen-bond donors (Lipinski definition) is 0. The number of aryl methyl sites for hydroxylation is 7. The fourth-order valence-corrected chi connectivity index (χ4v) is 4.00. The van der Waals surface area contributed by atoms with Crippen molar-refractivity contribution in [1.29, 1.82) is 0 Å². The third-order valence-corrected chi connectivity index (χ3v) is 4.72. The van der Waals surface area contributed by atoms with E-state index in [4.69, 9.17) is 23.2 Å². The number of alkyl halides is 2. The summed E-state index contributed by atoms with van der Waals surface area (Å²) in [6.07, 6.45) is 4.44. The Balaban J connectivity index is 0.000000921. The molecule has 0 N–H and O–H groups in total. The summed E-state index contributed by atoms with van der Waals surface area (Å²) in [5.74, 6) is 0. The van der Waals surface area contributed by atoms with E-state index in [0.717, 1.165) is 0 Å². The number of aromatic nitrogens is 2. The van der Waals surface area contributed by atoms with Crippen LogP contribution in [0.5, 0.6) is 0 Å². The molecule has 152 valence electrons. The first-order valence-corrected chi connectivity index (χ1v) is 10.1. The molecule has 1 aromatic heterocycles. The molecule has 0 amide bonds. The van der Waals surface area contributed by atoms with Crippen LogP contribution < -0.4 is 17.0 Å². The van der Waals surface area contributed by atoms with Crippen LogP contribution in [0.1, 0.15) is 39.1 Å². The van der Waals surface area contributed by atoms with Gasteiger partial charge in [0, 0.05) is 6.92 Å². The van der Waals surface area contributed by atoms with E-state index in [1.165, 1.54) is 50.4 Å². The van der Waals surface area contributed by atoms with Crippen LogP contribution in [-0.4, -0.2) is 9.91 Å². The smallest absolute Gasteiger partial charge is 0.254 e. The standard InChI is InChI=1S/C22H27N2.CH2Cl2.ClH/c1-14-8-16(3)21(17(4)9-14)23-12-20(7)24(13-23)22-18(5)10-15(2)11-19(22)6;2-1-3;/h8-13H,1-7H3;1H2;1H/q+1;;/p-1. The van der Waals surface area contributed by atoms with Crippen LogP contribution in [0.4, 0.5) is 0 Å². The van der Waals surface area contributed by atoms with E-state index in [0.29, 0.717) is 0 Å². The van der Waals surface area contributed by atoms with Crippen LogP contribution in [0.3, 0.4) is 0 Å². The highest BCUT2D eigenvalue weighted by atomic mass is 35.5. The number of nitrogens with zero attached hydrogens (tertiary/aromatic N) is 2. The van der Waals surface area contributed by atoms with Crippen LogP contribution in [0.15, 0.2) is 36.8 Å². The van der Waals surface area contributed by atoms with Crippen molar-refractivity contribution in [2.24, 2.45) is 0 Å². The largest absolute Gasteiger partial charge is 1.00 e. The summed E-state index contributed by atoms with van der Waals surface area (Å²) in [5, 5.41) is 0.194. The summed E-state index contributed by atoms with van der Waals surface area (Å²) in [6.45, 7) is 15.3. The topological polar surface area (TPSA) is 8.81 Å². The zero-order valence-corrected chi connectivity index (χ0v) is 20.0. The molecule has 28 heavy (non-hydrogen) atoms. The van der Waals surface area contributed by atoms with Crippen molar-refractivity contribution in [3.63, 3.8) is 0 Å². The van der Waals surface area contributed by atoms with Gasteiger partial charge in [0.1, 0.15) is 23.3 Å². The maximum absolute atomic E-state index is 4.76. The minimum atomic E-state index is 0. The number of benzene rings is 2. The molecule has 0 bridgehead atoms. The van der Waals surface area contributed by atoms with Crippen molar-refractivity contribution in [2.45, 2.75) is 48.5 Å². The van der Waals surface area contributed by atoms with Crippen molar-refractivity contribution < 1.29 is 17.0 Å². The van der Waals surface area contributed by atoms with Crippen LogP contribution >= 0.6 is 23.2 Å². The molecule has 2 aromatic carbocycles. The van der Waals surface area contributed by atoms with Crippen LogP contribution in [0.25, 0.3) is 11.4 Å². The van der Waals surface area contributed by atoms with Crippen molar-refractivity contribution in [1.82, 2.24) is 4.57 Å². The molecule has 2 nitrogen and oxygen atoms in total. The summed E-state index contributed by atoms with van der Waals surface area (Å²) < 4.78 is 4.57. The van der Waals surface area contributed by atoms with Crippen molar-refractivity contribution >= 4 is 23.2 Å². The van der Waals surface area contributed by atoms with Crippen molar-refractivity contribution in [3.8, 4) is 11.4 Å². The van der Waals surface area contributed by atoms with Gasteiger partial charge in [0.2, 0.25) is 0 Å². The highest BCUT2D eigenvalue weighted by Crippen LogP contribution is 2.23. The first-order chi connectivity index (χ1) is 12.7. The molecule has 5 heteroatoms. The van der Waals surface area contributed by atoms with E-state index in [1.54, 1.807) is 0 Å². The molecule has 1 heterocycles. The van der Waals surface area contributed by atoms with Gasteiger partial charge in [0.25, 0.3) is 6.33 Å². The normalized spacial score (nSPS) is 10.2. The molecule has 0 fully saturated rings. The second-order valence-corrected chi connectivity index (χ2v) is 8.07. The summed E-state index contributed by atoms with van der Waals surface area (Å²) >= 11 is 9.53. The van der Waals surface area contributed by atoms with E-state index in [-0.39, 0.29) is 17.7 Å². The van der Waals surface area contributed by atoms with Gasteiger partial charge in [-0.15, -0.1) is 23.2 Å². The lowest BCUT2D eigenvalue weighted by Gasteiger charge is -2.09. The fourth-order valence-electron chi connectivity index (χ4n) is 4.00. The average molecular weight is 440 g/mol. The van der Waals surface area contributed by atoms with Crippen LogP contribution in [0.2, 0.25) is 0 Å². The van der Waals surface area contributed by atoms with E-state index in [9.17, 15) is 0 Å². The number of imidazole rings is 1. The fraction of sp³-hybridized carbons (Fsp3) is 0.348. The summed E-state index contributed by atoms with van der Waals surface area (Å²) in [4.78, 5) is 0. The van der Waals surface area contributed by atoms with Gasteiger partial charge in [-0.05, 0) is 63.8 Å². The predicted molar refractivity (Wildman–Crippen MR) is 117 cm³/mol. The Morgan fingerprint density at radius 1 is 0.750 bits per heavy atom. The Kier molecular flexibility index (Phi) is 9.07. The molecule has 0 atom stereocenters. The van der Waals surface area contributed by atoms with Gasteiger partial charge in [-0.2, -0.15) is 4.57 Å². The molecular weight excluding hydrogens is 411 g/mol. The van der Waals surface area contributed by atoms with E-state index in [2.05, 4.69) is 94.4 Å². The second kappa shape index (κ2) is 10.3. The van der Waals surface area contributed by atoms with Crippen molar-refractivity contribution in [2.75, 3.05) is 5.34 Å². The SMILES string of the molecule is Cc1cc(C)c(-n2c[n+](-c3c(C)cc(C)cc3C)cc2C)c(C)c1.ClCCl.[Cl-]. The lowest BCUT2D eigenvalue weighted by Crippen LogP contribution is -3.00. The molecule has 0 unspecified atom stereocenters. The molecule has 0 aliphatic heterocycles. The molecule has 3 rings (SSSR count). The molecular formula is C23H29Cl3N2. The zero-order chi connectivity index (χ0) is 20.3. The molecule has 0 saturated heterocycles. The number of hydrogen-bond acceptors (Lipinski definition) is 0. The lowest BCUT2D eigenvalue weighted by molar-refractivity contribution is -0.595. The summed E-state index contributed by atoms with van der Waals surface area (Å²) in [6, 6.07) is 9.03. The first-order valence-electron chi connectivity index (χ1n) is 9.08. The lowest BCUT2D eigenvalue weighted by atomic mass is 10.0. The van der Waals surface area contributed by atoms with Crippen molar-refractivity contribution in [3.05, 3.63) is 75.9 Å². The van der Waals surface area contributed by atoms with Gasteiger partial charge < -0.3 is 12.4 Å². The number of rotatable bonds is 2. The van der Waals surface area contributed by atoms with Gasteiger partial charge in [0.15, 0.2) is 0 Å². The van der Waals surface area contributed by atoms with E-state index >= 15 is 0 Å². The zero-order valence-electron chi connectivity index (χ0n) is 17.7.